The average molecular weight is 229 g/mol. The molecule has 0 heterocycles. The molecule has 4 heteroatoms. The second-order valence-electron chi connectivity index (χ2n) is 1.27. The van der Waals surface area contributed by atoms with E-state index in [4.69, 9.17) is 5.73 Å². The number of hydrogen-bond donors (Lipinski definition) is 1. The second kappa shape index (κ2) is 3.01. The Balaban J connectivity index is 4.23. The summed E-state index contributed by atoms with van der Waals surface area (Å²) in [7, 11) is 0. The first-order chi connectivity index (χ1) is 3.55. The molecule has 0 aromatic carbocycles. The van der Waals surface area contributed by atoms with Crippen LogP contribution in [0.1, 0.15) is 6.92 Å². The van der Waals surface area contributed by atoms with E-state index in [2.05, 4.69) is 0 Å². The number of halogens is 2. The van der Waals surface area contributed by atoms with Crippen LogP contribution in [0.5, 0.6) is 0 Å². The van der Waals surface area contributed by atoms with Gasteiger partial charge < -0.3 is 5.73 Å². The van der Waals surface area contributed by atoms with Crippen LogP contribution in [0.4, 0.5) is 4.39 Å². The molecule has 0 rings (SSSR count). The van der Waals surface area contributed by atoms with Gasteiger partial charge in [-0.1, -0.05) is 0 Å². The van der Waals surface area contributed by atoms with E-state index in [0.717, 1.165) is 0 Å². The molecule has 0 aliphatic heterocycles. The highest BCUT2D eigenvalue weighted by atomic mass is 127. The van der Waals surface area contributed by atoms with Gasteiger partial charge in [-0.15, -0.1) is 0 Å². The molecule has 0 aromatic heterocycles. The van der Waals surface area contributed by atoms with Crippen molar-refractivity contribution in [3.8, 4) is 0 Å². The second-order valence-corrected chi connectivity index (χ2v) is 2.35. The van der Waals surface area contributed by atoms with Crippen LogP contribution in [0, 0.1) is 0 Å². The van der Waals surface area contributed by atoms with Gasteiger partial charge in [0.2, 0.25) is 0 Å². The number of rotatable bonds is 1. The predicted molar refractivity (Wildman–Crippen MR) is 37.0 cm³/mol. The molecule has 0 radical (unpaired) electrons. The SMILES string of the molecule is CC(N)=C(I)C(=O)F. The molecule has 2 nitrogen and oxygen atoms in total. The first-order valence-corrected chi connectivity index (χ1v) is 2.95. The number of allylic oxidation sites excluding steroid dienone is 2. The molecule has 46 valence electrons. The normalized spacial score (nSPS) is 12.9. The first kappa shape index (κ1) is 7.87. The largest absolute Gasteiger partial charge is 0.401 e. The van der Waals surface area contributed by atoms with E-state index < -0.39 is 6.04 Å². The summed E-state index contributed by atoms with van der Waals surface area (Å²) in [6.07, 6.45) is 0. The molecular formula is C4H5FINO. The highest BCUT2D eigenvalue weighted by molar-refractivity contribution is 14.1. The standard InChI is InChI=1S/C4H5FINO/c1-2(7)3(6)4(5)8/h7H2,1H3. The number of nitrogens with two attached hydrogens (primary N) is 1. The Morgan fingerprint density at radius 2 is 2.12 bits per heavy atom. The van der Waals surface area contributed by atoms with Gasteiger partial charge in [0.05, 0.1) is 0 Å². The Bertz CT molecular complexity index is 139. The van der Waals surface area contributed by atoms with E-state index in [1.165, 1.54) is 6.92 Å². The third-order valence-corrected chi connectivity index (χ3v) is 1.79. The fourth-order valence-electron chi connectivity index (χ4n) is 0.155. The van der Waals surface area contributed by atoms with Crippen LogP contribution in [0.25, 0.3) is 0 Å². The molecule has 0 aromatic rings. The Kier molecular flexibility index (Phi) is 2.96. The van der Waals surface area contributed by atoms with Crippen LogP contribution in [-0.2, 0) is 4.79 Å². The molecule has 0 fully saturated rings. The van der Waals surface area contributed by atoms with Crippen LogP contribution in [0.3, 0.4) is 0 Å². The van der Waals surface area contributed by atoms with Crippen molar-refractivity contribution in [2.45, 2.75) is 6.92 Å². The van der Waals surface area contributed by atoms with Gasteiger partial charge in [-0.25, -0.2) is 0 Å². The van der Waals surface area contributed by atoms with Gasteiger partial charge in [0.1, 0.15) is 3.58 Å². The third-order valence-electron chi connectivity index (χ3n) is 0.519. The molecule has 0 amide bonds. The van der Waals surface area contributed by atoms with Crippen LogP contribution >= 0.6 is 22.6 Å². The highest BCUT2D eigenvalue weighted by Gasteiger charge is 2.03. The smallest absolute Gasteiger partial charge is 0.339 e. The molecule has 2 N–H and O–H groups in total. The molecule has 0 atom stereocenters. The van der Waals surface area contributed by atoms with Crippen molar-refractivity contribution in [1.82, 2.24) is 0 Å². The summed E-state index contributed by atoms with van der Waals surface area (Å²) in [5.74, 6) is 0. The van der Waals surface area contributed by atoms with Gasteiger partial charge in [0.15, 0.2) is 0 Å². The van der Waals surface area contributed by atoms with Crippen molar-refractivity contribution in [3.05, 3.63) is 9.28 Å². The van der Waals surface area contributed by atoms with Gasteiger partial charge in [-0.05, 0) is 29.5 Å². The van der Waals surface area contributed by atoms with E-state index in [1.807, 2.05) is 0 Å². The van der Waals surface area contributed by atoms with Crippen molar-refractivity contribution in [2.24, 2.45) is 5.73 Å². The van der Waals surface area contributed by atoms with Crippen molar-refractivity contribution < 1.29 is 9.18 Å². The minimum absolute atomic E-state index is 0.0393. The number of hydrogen-bond acceptors (Lipinski definition) is 2. The van der Waals surface area contributed by atoms with Crippen molar-refractivity contribution >= 4 is 28.6 Å². The van der Waals surface area contributed by atoms with Crippen LogP contribution in [0.15, 0.2) is 9.28 Å². The molecule has 0 saturated heterocycles. The zero-order chi connectivity index (χ0) is 6.73. The fourth-order valence-corrected chi connectivity index (χ4v) is 0.155. The Morgan fingerprint density at radius 3 is 2.12 bits per heavy atom. The highest BCUT2D eigenvalue weighted by Crippen LogP contribution is 2.09. The fraction of sp³-hybridized carbons (Fsp3) is 0.250. The average Bonchev–Trinajstić information content (AvgIpc) is 1.64. The lowest BCUT2D eigenvalue weighted by molar-refractivity contribution is -0.124. The van der Waals surface area contributed by atoms with Crippen LogP contribution in [-0.4, -0.2) is 6.04 Å². The number of carbonyl (C=O) groups excluding carboxylic acids is 1. The summed E-state index contributed by atoms with van der Waals surface area (Å²) in [5, 5.41) is 0. The van der Waals surface area contributed by atoms with Crippen molar-refractivity contribution in [3.63, 3.8) is 0 Å². The Morgan fingerprint density at radius 1 is 1.75 bits per heavy atom. The van der Waals surface area contributed by atoms with Gasteiger partial charge in [-0.2, -0.15) is 4.39 Å². The maximum absolute atomic E-state index is 11.6. The van der Waals surface area contributed by atoms with Gasteiger partial charge in [0.25, 0.3) is 0 Å². The third kappa shape index (κ3) is 2.25. The summed E-state index contributed by atoms with van der Waals surface area (Å²) >= 11 is 1.55. The lowest BCUT2D eigenvalue weighted by Crippen LogP contribution is -1.98. The summed E-state index contributed by atoms with van der Waals surface area (Å²) in [4.78, 5) is 9.77. The first-order valence-electron chi connectivity index (χ1n) is 1.87. The summed E-state index contributed by atoms with van der Waals surface area (Å²) in [6.45, 7) is 1.47. The van der Waals surface area contributed by atoms with Crippen molar-refractivity contribution in [1.29, 1.82) is 0 Å². The molecule has 0 aliphatic carbocycles. The van der Waals surface area contributed by atoms with E-state index in [-0.39, 0.29) is 9.28 Å². The molecule has 8 heavy (non-hydrogen) atoms. The summed E-state index contributed by atoms with van der Waals surface area (Å²) in [5.41, 5.74) is 5.27. The lowest BCUT2D eigenvalue weighted by Gasteiger charge is -1.89. The predicted octanol–water partition coefficient (Wildman–Crippen LogP) is 1.11. The van der Waals surface area contributed by atoms with E-state index in [1.54, 1.807) is 22.6 Å². The Labute approximate surface area is 60.1 Å². The van der Waals surface area contributed by atoms with E-state index in [9.17, 15) is 9.18 Å². The van der Waals surface area contributed by atoms with Crippen LogP contribution < -0.4 is 5.73 Å². The number of carbonyl (C=O) groups is 1. The lowest BCUT2D eigenvalue weighted by atomic mass is 10.5. The zero-order valence-electron chi connectivity index (χ0n) is 4.24. The molecule has 0 unspecified atom stereocenters. The summed E-state index contributed by atoms with van der Waals surface area (Å²) < 4.78 is 11.5. The zero-order valence-corrected chi connectivity index (χ0v) is 6.40. The van der Waals surface area contributed by atoms with Gasteiger partial charge in [0, 0.05) is 5.70 Å². The molecule has 0 bridgehead atoms. The Hall–Kier alpha value is -0.130. The maximum atomic E-state index is 11.6. The topological polar surface area (TPSA) is 43.1 Å². The minimum atomic E-state index is -1.47. The molecule has 0 spiro atoms. The quantitative estimate of drug-likeness (QED) is 0.415. The minimum Gasteiger partial charge on any atom is -0.401 e. The monoisotopic (exact) mass is 229 g/mol. The van der Waals surface area contributed by atoms with E-state index >= 15 is 0 Å². The van der Waals surface area contributed by atoms with Gasteiger partial charge in [-0.3, -0.25) is 4.79 Å². The van der Waals surface area contributed by atoms with E-state index in [0.29, 0.717) is 0 Å². The maximum Gasteiger partial charge on any atom is 0.339 e. The summed E-state index contributed by atoms with van der Waals surface area (Å²) in [6, 6.07) is -1.47. The molecular weight excluding hydrogens is 224 g/mol. The van der Waals surface area contributed by atoms with Gasteiger partial charge >= 0.3 is 6.04 Å². The molecule has 0 aliphatic rings. The van der Waals surface area contributed by atoms with Crippen molar-refractivity contribution in [2.75, 3.05) is 0 Å². The van der Waals surface area contributed by atoms with Crippen LogP contribution in [0.2, 0.25) is 0 Å². The molecule has 0 saturated carbocycles.